The Morgan fingerprint density at radius 1 is 1.80 bits per heavy atom. The first kappa shape index (κ1) is 3.51. The van der Waals surface area contributed by atoms with E-state index in [1.54, 1.807) is 0 Å². The first-order valence-electron chi connectivity index (χ1n) is 2.64. The highest BCUT2D eigenvalue weighted by Gasteiger charge is 1.89. The summed E-state index contributed by atoms with van der Waals surface area (Å²) < 4.78 is 7.03. The summed E-state index contributed by atoms with van der Waals surface area (Å²) in [7, 11) is 6.12. The van der Waals surface area contributed by atoms with Crippen LogP contribution in [-0.4, -0.2) is 38.0 Å². The molecule has 0 N–H and O–H groups in total. The second-order valence-electron chi connectivity index (χ2n) is 1.58. The van der Waals surface area contributed by atoms with E-state index in [0.717, 1.165) is 0 Å². The number of hydrogen-bond donors (Lipinski definition) is 0. The summed E-state index contributed by atoms with van der Waals surface area (Å²) in [6.45, 7) is 0. The van der Waals surface area contributed by atoms with Crippen molar-refractivity contribution in [1.82, 2.24) is 0 Å². The van der Waals surface area contributed by atoms with Gasteiger partial charge in [-0.3, -0.25) is 0 Å². The summed E-state index contributed by atoms with van der Waals surface area (Å²) >= 11 is 0. The van der Waals surface area contributed by atoms with Crippen molar-refractivity contribution in [2.45, 2.75) is 0 Å². The van der Waals surface area contributed by atoms with Gasteiger partial charge in [0, 0.05) is 13.4 Å². The Kier molecular flexibility index (Phi) is 1.80. The third kappa shape index (κ3) is 4.32. The molecule has 0 aliphatic carbocycles. The van der Waals surface area contributed by atoms with Crippen molar-refractivity contribution in [2.24, 2.45) is 0 Å². The van der Waals surface area contributed by atoms with Gasteiger partial charge < -0.3 is 0 Å². The van der Waals surface area contributed by atoms with Crippen molar-refractivity contribution in [3.05, 3.63) is 0 Å². The molecule has 5 heavy (non-hydrogen) atoms. The van der Waals surface area contributed by atoms with Crippen LogP contribution in [0.1, 0.15) is 0 Å². The predicted octanol–water partition coefficient (Wildman–Crippen LogP) is -3.78. The van der Waals surface area contributed by atoms with Crippen LogP contribution in [0.2, 0.25) is 0 Å². The van der Waals surface area contributed by atoms with Gasteiger partial charge in [0.2, 0.25) is 0 Å². The molecule has 0 saturated carbocycles. The molecule has 0 heterocycles. The molecule has 0 aromatic heterocycles. The van der Waals surface area contributed by atoms with Gasteiger partial charge in [0.15, 0.2) is 0 Å². The molecule has 0 aromatic carbocycles. The molecule has 0 radical (unpaired) electrons. The molecule has 0 spiro atoms. The molecule has 0 bridgehead atoms. The van der Waals surface area contributed by atoms with E-state index < -0.39 is 0 Å². The van der Waals surface area contributed by atoms with Gasteiger partial charge in [0.1, 0.15) is 0 Å². The van der Waals surface area contributed by atoms with Crippen LogP contribution < -0.4 is 0 Å². The van der Waals surface area contributed by atoms with Crippen LogP contribution in [0.5, 0.6) is 0 Å². The van der Waals surface area contributed by atoms with E-state index >= 15 is 0 Å². The molecule has 0 saturated heterocycles. The van der Waals surface area contributed by atoms with Crippen molar-refractivity contribution in [3.8, 4) is 0 Å². The molecule has 0 unspecified atom stereocenters. The molecule has 0 nitrogen and oxygen atoms in total. The van der Waals surface area contributed by atoms with Gasteiger partial charge in [-0.05, 0) is 1.34 Å². The van der Waals surface area contributed by atoms with E-state index in [1.165, 1.54) is 0 Å². The topological polar surface area (TPSA) is 0 Å². The van der Waals surface area contributed by atoms with E-state index in [2.05, 4.69) is 15.5 Å². The Bertz CT molecular complexity index is 24.9. The third-order valence-electron chi connectivity index (χ3n) is 0.667. The normalized spacial score (nSPS) is 9.20. The van der Waals surface area contributed by atoms with Gasteiger partial charge in [-0.15, -0.1) is 0 Å². The summed E-state index contributed by atoms with van der Waals surface area (Å²) in [5, 5.41) is 0. The SMILES string of the molecule is [3H]B(B)B(B)B. The molecule has 0 amide bonds. The van der Waals surface area contributed by atoms with Crippen molar-refractivity contribution >= 4 is 36.6 Å². The standard InChI is InChI=1S/B5H7/c1-4-5(2)3/h4H,1-3H2/i4T. The average molecular weight is 63.1 g/mol. The average Bonchev–Trinajstić information content (AvgIpc) is 1.36. The lowest BCUT2D eigenvalue weighted by Gasteiger charge is -1.81. The largest absolute Gasteiger partial charge is 0.0594 e. The molecule has 22 valence electrons. The summed E-state index contributed by atoms with van der Waals surface area (Å²) in [6, 6.07) is 0. The zero-order chi connectivity index (χ0) is 5.15. The first-order chi connectivity index (χ1) is 2.64. The molecule has 0 atom stereocenters. The Labute approximate surface area is 38.9 Å². The van der Waals surface area contributed by atoms with Crippen LogP contribution in [0.4, 0.5) is 0 Å². The molecule has 0 fully saturated rings. The molecular formula is H7B5. The fourth-order valence-corrected chi connectivity index (χ4v) is 0. The quantitative estimate of drug-likeness (QED) is 0.274. The summed E-state index contributed by atoms with van der Waals surface area (Å²) in [5.74, 6) is 0. The number of hydrogen-bond acceptors (Lipinski definition) is 0. The maximum absolute atomic E-state index is 7.03. The maximum atomic E-state index is 7.03. The van der Waals surface area contributed by atoms with Crippen LogP contribution >= 0.6 is 0 Å². The second kappa shape index (κ2) is 2.56. The lowest BCUT2D eigenvalue weighted by molar-refractivity contribution is 3.91. The fraction of sp³-hybridized carbons (Fsp3) is 0. The van der Waals surface area contributed by atoms with Gasteiger partial charge in [0.05, 0.1) is 23.2 Å². The Morgan fingerprint density at radius 2 is 2.00 bits per heavy atom. The molecule has 5 heteroatoms. The first-order valence-corrected chi connectivity index (χ1v) is 2.07. The molecule has 0 rings (SSSR count). The highest BCUT2D eigenvalue weighted by molar-refractivity contribution is 7.60. The van der Waals surface area contributed by atoms with Crippen LogP contribution in [0, 0.1) is 0 Å². The van der Waals surface area contributed by atoms with E-state index in [1.807, 2.05) is 7.74 Å². The van der Waals surface area contributed by atoms with Crippen LogP contribution in [-0.2, 0) is 0 Å². The van der Waals surface area contributed by atoms with E-state index in [0.29, 0.717) is 6.39 Å². The van der Waals surface area contributed by atoms with Gasteiger partial charge in [-0.25, -0.2) is 0 Å². The van der Waals surface area contributed by atoms with Crippen molar-refractivity contribution in [2.75, 3.05) is 0 Å². The van der Waals surface area contributed by atoms with Gasteiger partial charge in [0.25, 0.3) is 0 Å². The van der Waals surface area contributed by atoms with Gasteiger partial charge in [-0.2, -0.15) is 0 Å². The second-order valence-corrected chi connectivity index (χ2v) is 1.58. The molecule has 0 aliphatic rings. The maximum Gasteiger partial charge on any atom is 0.0594 e. The van der Waals surface area contributed by atoms with Gasteiger partial charge >= 0.3 is 0 Å². The fourth-order valence-electron chi connectivity index (χ4n) is 0. The minimum absolute atomic E-state index is 0.102. The van der Waals surface area contributed by atoms with Crippen LogP contribution in [0.25, 0.3) is 0 Å². The summed E-state index contributed by atoms with van der Waals surface area (Å²) in [4.78, 5) is 0. The van der Waals surface area contributed by atoms with Gasteiger partial charge in [-0.1, -0.05) is 0 Å². The lowest BCUT2D eigenvalue weighted by Crippen LogP contribution is -2.23. The lowest BCUT2D eigenvalue weighted by atomic mass is 8.97. The minimum Gasteiger partial charge on any atom is -0.0379 e. The van der Waals surface area contributed by atoms with Crippen molar-refractivity contribution < 1.29 is 0 Å². The summed E-state index contributed by atoms with van der Waals surface area (Å²) in [6.07, 6.45) is 0.519. The Morgan fingerprint density at radius 3 is 2.00 bits per heavy atom. The van der Waals surface area contributed by atoms with E-state index in [9.17, 15) is 0 Å². The smallest absolute Gasteiger partial charge is 0.0379 e. The highest BCUT2D eigenvalue weighted by atomic mass is 12.7. The molecule has 0 aromatic rings. The van der Waals surface area contributed by atoms with Crippen molar-refractivity contribution in [1.29, 1.82) is 1.34 Å². The minimum atomic E-state index is 0.102. The number of rotatable bonds is 1. The van der Waals surface area contributed by atoms with E-state index in [-0.39, 0.29) is 7.02 Å². The third-order valence-corrected chi connectivity index (χ3v) is 0.667. The van der Waals surface area contributed by atoms with Crippen LogP contribution in [0.15, 0.2) is 0 Å². The zero-order valence-electron chi connectivity index (χ0n) is 5.15. The monoisotopic (exact) mass is 64.1 g/mol. The van der Waals surface area contributed by atoms with Crippen molar-refractivity contribution in [3.63, 3.8) is 0 Å². The summed E-state index contributed by atoms with van der Waals surface area (Å²) in [5.41, 5.74) is 0. The zero-order valence-corrected chi connectivity index (χ0v) is 4.15. The predicted molar refractivity (Wildman–Crippen MR) is 38.5 cm³/mol. The molecular weight excluding hydrogens is 54.1 g/mol. The van der Waals surface area contributed by atoms with Crippen LogP contribution in [0.3, 0.4) is 0 Å². The molecule has 0 aliphatic heterocycles. The van der Waals surface area contributed by atoms with E-state index in [4.69, 9.17) is 1.34 Å². The Balaban J connectivity index is 2.99. The highest BCUT2D eigenvalue weighted by Crippen LogP contribution is 1.47. The Hall–Kier alpha value is 0.325.